The summed E-state index contributed by atoms with van der Waals surface area (Å²) in [4.78, 5) is 28.3. The number of anilines is 2. The van der Waals surface area contributed by atoms with Crippen molar-refractivity contribution < 1.29 is 9.21 Å². The fourth-order valence-corrected chi connectivity index (χ4v) is 3.78. The van der Waals surface area contributed by atoms with Gasteiger partial charge in [-0.3, -0.25) is 4.79 Å². The van der Waals surface area contributed by atoms with Gasteiger partial charge in [0.2, 0.25) is 5.89 Å². The van der Waals surface area contributed by atoms with Crippen LogP contribution in [0.25, 0.3) is 28.2 Å². The molecule has 35 heavy (non-hydrogen) atoms. The second kappa shape index (κ2) is 9.40. The molecule has 0 aliphatic carbocycles. The second-order valence-corrected chi connectivity index (χ2v) is 8.48. The summed E-state index contributed by atoms with van der Waals surface area (Å²) in [6.45, 7) is 0.899. The van der Waals surface area contributed by atoms with E-state index in [4.69, 9.17) is 15.1 Å². The van der Waals surface area contributed by atoms with E-state index in [1.807, 2.05) is 67.3 Å². The molecular weight excluding hydrogens is 442 g/mol. The van der Waals surface area contributed by atoms with E-state index in [2.05, 4.69) is 20.2 Å². The number of nitrogens with two attached hydrogens (primary N) is 1. The first kappa shape index (κ1) is 22.3. The molecule has 3 N–H and O–H groups in total. The molecule has 0 aliphatic heterocycles. The smallest absolute Gasteiger partial charge is 0.277 e. The molecule has 0 aliphatic rings. The van der Waals surface area contributed by atoms with Crippen molar-refractivity contribution in [2.75, 3.05) is 31.7 Å². The number of rotatable bonds is 7. The molecule has 0 radical (unpaired) electrons. The Morgan fingerprint density at radius 2 is 1.91 bits per heavy atom. The quantitative estimate of drug-likeness (QED) is 0.372. The van der Waals surface area contributed by atoms with Crippen LogP contribution in [0.1, 0.15) is 16.2 Å². The minimum Gasteiger partial charge on any atom is -0.444 e. The fraction of sp³-hybridized carbons (Fsp3) is 0.154. The molecule has 5 aromatic rings. The number of hydrogen-bond acceptors (Lipinski definition) is 7. The summed E-state index contributed by atoms with van der Waals surface area (Å²) < 4.78 is 7.46. The van der Waals surface area contributed by atoms with Gasteiger partial charge in [0.05, 0.1) is 11.4 Å². The standard InChI is InChI=1S/C26H25N7O2/c1-32(2)11-9-19-14-33-15-21(20(13-24(33)29-19)17-6-4-3-5-7-17)30-25(34)22-16-35-26(31-22)18-8-10-28-23(27)12-18/h3-8,10,12-16H,9,11H2,1-2H3,(H2,27,28)(H,30,34). The maximum Gasteiger partial charge on any atom is 0.277 e. The van der Waals surface area contributed by atoms with Gasteiger partial charge in [-0.2, -0.15) is 0 Å². The number of pyridine rings is 2. The molecule has 0 bridgehead atoms. The zero-order valence-electron chi connectivity index (χ0n) is 19.5. The van der Waals surface area contributed by atoms with Gasteiger partial charge in [0.15, 0.2) is 5.69 Å². The van der Waals surface area contributed by atoms with Gasteiger partial charge in [0.1, 0.15) is 17.7 Å². The Morgan fingerprint density at radius 1 is 1.09 bits per heavy atom. The number of amides is 1. The summed E-state index contributed by atoms with van der Waals surface area (Å²) in [5.41, 5.74) is 10.8. The lowest BCUT2D eigenvalue weighted by Gasteiger charge is -2.11. The number of nitrogens with one attached hydrogen (secondary N) is 1. The highest BCUT2D eigenvalue weighted by Crippen LogP contribution is 2.30. The largest absolute Gasteiger partial charge is 0.444 e. The molecule has 1 amide bonds. The molecule has 0 unspecified atom stereocenters. The van der Waals surface area contributed by atoms with E-state index in [9.17, 15) is 4.79 Å². The second-order valence-electron chi connectivity index (χ2n) is 8.48. The number of carbonyl (C=O) groups is 1. The van der Waals surface area contributed by atoms with E-state index in [1.165, 1.54) is 6.26 Å². The van der Waals surface area contributed by atoms with Crippen LogP contribution in [-0.4, -0.2) is 50.8 Å². The lowest BCUT2D eigenvalue weighted by atomic mass is 10.1. The highest BCUT2D eigenvalue weighted by molar-refractivity contribution is 6.05. The SMILES string of the molecule is CN(C)CCc1cn2cc(NC(=O)c3coc(-c4ccnc(N)c4)n3)c(-c3ccccc3)cc2n1. The first-order valence-corrected chi connectivity index (χ1v) is 11.2. The molecule has 4 heterocycles. The highest BCUT2D eigenvalue weighted by atomic mass is 16.3. The molecule has 0 saturated carbocycles. The number of oxazole rings is 1. The van der Waals surface area contributed by atoms with Crippen LogP contribution >= 0.6 is 0 Å². The highest BCUT2D eigenvalue weighted by Gasteiger charge is 2.17. The molecular formula is C26H25N7O2. The average molecular weight is 468 g/mol. The van der Waals surface area contributed by atoms with Gasteiger partial charge >= 0.3 is 0 Å². The predicted octanol–water partition coefficient (Wildman–Crippen LogP) is 3.99. The van der Waals surface area contributed by atoms with Gasteiger partial charge in [-0.15, -0.1) is 0 Å². The Labute approximate surface area is 202 Å². The van der Waals surface area contributed by atoms with E-state index < -0.39 is 0 Å². The average Bonchev–Trinajstić information content (AvgIpc) is 3.50. The number of benzene rings is 1. The van der Waals surface area contributed by atoms with Crippen molar-refractivity contribution in [3.05, 3.63) is 84.8 Å². The van der Waals surface area contributed by atoms with Crippen LogP contribution in [-0.2, 0) is 6.42 Å². The molecule has 9 heteroatoms. The molecule has 0 saturated heterocycles. The van der Waals surface area contributed by atoms with Gasteiger partial charge in [-0.25, -0.2) is 15.0 Å². The van der Waals surface area contributed by atoms with Crippen LogP contribution in [0.2, 0.25) is 0 Å². The van der Waals surface area contributed by atoms with Gasteiger partial charge < -0.3 is 24.8 Å². The predicted molar refractivity (Wildman–Crippen MR) is 135 cm³/mol. The molecule has 0 atom stereocenters. The maximum absolute atomic E-state index is 13.1. The van der Waals surface area contributed by atoms with Gasteiger partial charge in [0, 0.05) is 42.7 Å². The van der Waals surface area contributed by atoms with E-state index >= 15 is 0 Å². The first-order chi connectivity index (χ1) is 17.0. The van der Waals surface area contributed by atoms with Crippen molar-refractivity contribution in [2.45, 2.75) is 6.42 Å². The number of nitrogen functional groups attached to an aromatic ring is 1. The molecule has 176 valence electrons. The molecule has 1 aromatic carbocycles. The van der Waals surface area contributed by atoms with Crippen molar-refractivity contribution in [1.82, 2.24) is 24.3 Å². The summed E-state index contributed by atoms with van der Waals surface area (Å²) in [6.07, 6.45) is 7.60. The number of nitrogens with zero attached hydrogens (tertiary/aromatic N) is 5. The van der Waals surface area contributed by atoms with Crippen LogP contribution in [0.15, 0.2) is 77.8 Å². The Kier molecular flexibility index (Phi) is 5.99. The minimum atomic E-state index is -0.383. The summed E-state index contributed by atoms with van der Waals surface area (Å²) >= 11 is 0. The van der Waals surface area contributed by atoms with Crippen molar-refractivity contribution in [3.63, 3.8) is 0 Å². The van der Waals surface area contributed by atoms with Crippen LogP contribution in [0.3, 0.4) is 0 Å². The molecule has 4 aromatic heterocycles. The van der Waals surface area contributed by atoms with Crippen LogP contribution in [0.4, 0.5) is 11.5 Å². The number of likely N-dealkylation sites (N-methyl/N-ethyl adjacent to an activating group) is 1. The Balaban J connectivity index is 1.48. The number of hydrogen-bond donors (Lipinski definition) is 2. The summed E-state index contributed by atoms with van der Waals surface area (Å²) in [7, 11) is 4.08. The number of fused-ring (bicyclic) bond motifs is 1. The van der Waals surface area contributed by atoms with E-state index in [-0.39, 0.29) is 11.6 Å². The van der Waals surface area contributed by atoms with Crippen molar-refractivity contribution in [3.8, 4) is 22.6 Å². The summed E-state index contributed by atoms with van der Waals surface area (Å²) in [5.74, 6) is 0.257. The van der Waals surface area contributed by atoms with Crippen molar-refractivity contribution in [2.24, 2.45) is 0 Å². The minimum absolute atomic E-state index is 0.159. The third-order valence-electron chi connectivity index (χ3n) is 5.56. The van der Waals surface area contributed by atoms with Crippen molar-refractivity contribution >= 4 is 23.1 Å². The van der Waals surface area contributed by atoms with Crippen LogP contribution in [0, 0.1) is 0 Å². The molecule has 0 spiro atoms. The molecule has 9 nitrogen and oxygen atoms in total. The Morgan fingerprint density at radius 3 is 2.69 bits per heavy atom. The normalized spacial score (nSPS) is 11.3. The molecule has 5 rings (SSSR count). The summed E-state index contributed by atoms with van der Waals surface area (Å²) in [6, 6.07) is 15.2. The van der Waals surface area contributed by atoms with Gasteiger partial charge in [0.25, 0.3) is 5.91 Å². The Hall–Kier alpha value is -4.50. The van der Waals surface area contributed by atoms with Crippen LogP contribution in [0.5, 0.6) is 0 Å². The lowest BCUT2D eigenvalue weighted by Crippen LogP contribution is -2.15. The maximum atomic E-state index is 13.1. The topological polar surface area (TPSA) is 115 Å². The zero-order valence-corrected chi connectivity index (χ0v) is 19.5. The number of aromatic nitrogens is 4. The van der Waals surface area contributed by atoms with E-state index in [0.29, 0.717) is 23.0 Å². The monoisotopic (exact) mass is 467 g/mol. The van der Waals surface area contributed by atoms with Crippen molar-refractivity contribution in [1.29, 1.82) is 0 Å². The fourth-order valence-electron chi connectivity index (χ4n) is 3.78. The third kappa shape index (κ3) is 4.90. The van der Waals surface area contributed by atoms with E-state index in [1.54, 1.807) is 18.3 Å². The first-order valence-electron chi connectivity index (χ1n) is 11.2. The van der Waals surface area contributed by atoms with Gasteiger partial charge in [-0.05, 0) is 37.9 Å². The Bertz CT molecular complexity index is 1490. The number of carbonyl (C=O) groups excluding carboxylic acids is 1. The van der Waals surface area contributed by atoms with Crippen LogP contribution < -0.4 is 11.1 Å². The number of imidazole rings is 1. The third-order valence-corrected chi connectivity index (χ3v) is 5.56. The zero-order chi connectivity index (χ0) is 24.4. The van der Waals surface area contributed by atoms with Gasteiger partial charge in [-0.1, -0.05) is 30.3 Å². The molecule has 0 fully saturated rings. The summed E-state index contributed by atoms with van der Waals surface area (Å²) in [5, 5.41) is 3.00. The lowest BCUT2D eigenvalue weighted by molar-refractivity contribution is 0.102. The van der Waals surface area contributed by atoms with E-state index in [0.717, 1.165) is 35.4 Å².